The lowest BCUT2D eigenvalue weighted by Crippen LogP contribution is -2.22. The number of nitriles is 1. The predicted octanol–water partition coefficient (Wildman–Crippen LogP) is 2.16. The Labute approximate surface area is 95.4 Å². The summed E-state index contributed by atoms with van der Waals surface area (Å²) in [7, 11) is 0. The molecule has 0 saturated heterocycles. The van der Waals surface area contributed by atoms with Crippen LogP contribution in [0.25, 0.3) is 0 Å². The van der Waals surface area contributed by atoms with Gasteiger partial charge in [-0.2, -0.15) is 5.26 Å². The number of rotatable bonds is 4. The van der Waals surface area contributed by atoms with Crippen molar-refractivity contribution in [2.24, 2.45) is 0 Å². The lowest BCUT2D eigenvalue weighted by molar-refractivity contribution is -0.120. The van der Waals surface area contributed by atoms with Crippen molar-refractivity contribution in [2.45, 2.75) is 19.9 Å². The molecule has 1 N–H and O–H groups in total. The number of hydrogen-bond donors (Lipinski definition) is 1. The zero-order valence-electron chi connectivity index (χ0n) is 9.23. The van der Waals surface area contributed by atoms with Gasteiger partial charge in [-0.3, -0.25) is 4.79 Å². The van der Waals surface area contributed by atoms with Crippen LogP contribution in [0.3, 0.4) is 0 Å². The third kappa shape index (κ3) is 4.43. The van der Waals surface area contributed by atoms with Gasteiger partial charge in [0.2, 0.25) is 5.91 Å². The normalized spacial score (nSPS) is 10.6. The number of amides is 1. The molecule has 82 valence electrons. The number of carbonyl (C=O) groups excluding carboxylic acids is 1. The molecule has 0 bridgehead atoms. The number of hydrogen-bond acceptors (Lipinski definition) is 2. The van der Waals surface area contributed by atoms with E-state index in [2.05, 4.69) is 5.32 Å². The van der Waals surface area contributed by atoms with Crippen molar-refractivity contribution in [3.63, 3.8) is 0 Å². The molecule has 1 aromatic rings. The van der Waals surface area contributed by atoms with Crippen LogP contribution in [0.5, 0.6) is 0 Å². The van der Waals surface area contributed by atoms with Crippen LogP contribution in [-0.4, -0.2) is 5.91 Å². The van der Waals surface area contributed by atoms with E-state index in [1.807, 2.05) is 36.4 Å². The van der Waals surface area contributed by atoms with Crippen LogP contribution in [0.15, 0.2) is 42.0 Å². The Bertz CT molecular complexity index is 415. The van der Waals surface area contributed by atoms with Crippen LogP contribution in [0, 0.1) is 11.3 Å². The number of nitrogens with zero attached hydrogens (tertiary/aromatic N) is 1. The van der Waals surface area contributed by atoms with Gasteiger partial charge >= 0.3 is 0 Å². The predicted molar refractivity (Wildman–Crippen MR) is 62.3 cm³/mol. The molecule has 0 atom stereocenters. The van der Waals surface area contributed by atoms with Crippen molar-refractivity contribution >= 4 is 5.91 Å². The molecule has 0 heterocycles. The van der Waals surface area contributed by atoms with Crippen LogP contribution in [0.1, 0.15) is 18.9 Å². The van der Waals surface area contributed by atoms with Crippen molar-refractivity contribution in [3.8, 4) is 6.07 Å². The lowest BCUT2D eigenvalue weighted by Gasteiger charge is -2.04. The highest BCUT2D eigenvalue weighted by Gasteiger charge is 2.01. The number of nitrogens with one attached hydrogen (secondary N) is 1. The van der Waals surface area contributed by atoms with Crippen LogP contribution in [0.2, 0.25) is 0 Å². The van der Waals surface area contributed by atoms with E-state index in [0.29, 0.717) is 6.54 Å². The van der Waals surface area contributed by atoms with Gasteiger partial charge in [0.1, 0.15) is 0 Å². The molecule has 0 aliphatic carbocycles. The molecule has 3 heteroatoms. The number of allylic oxidation sites excluding steroid dienone is 1. The Balaban J connectivity index is 2.37. The molecule has 0 radical (unpaired) electrons. The van der Waals surface area contributed by atoms with Gasteiger partial charge in [-0.05, 0) is 12.5 Å². The van der Waals surface area contributed by atoms with Crippen molar-refractivity contribution in [1.82, 2.24) is 5.32 Å². The Kier molecular flexibility index (Phi) is 4.81. The van der Waals surface area contributed by atoms with Gasteiger partial charge in [-0.1, -0.05) is 35.9 Å². The topological polar surface area (TPSA) is 52.9 Å². The first kappa shape index (κ1) is 12.0. The van der Waals surface area contributed by atoms with E-state index in [4.69, 9.17) is 5.26 Å². The molecule has 16 heavy (non-hydrogen) atoms. The summed E-state index contributed by atoms with van der Waals surface area (Å²) >= 11 is 0. The summed E-state index contributed by atoms with van der Waals surface area (Å²) in [5.74, 6) is -0.0622. The molecule has 0 aliphatic rings. The zero-order chi connectivity index (χ0) is 11.8. The van der Waals surface area contributed by atoms with Gasteiger partial charge in [0.25, 0.3) is 0 Å². The third-order valence-corrected chi connectivity index (χ3v) is 2.08. The van der Waals surface area contributed by atoms with E-state index in [-0.39, 0.29) is 12.3 Å². The zero-order valence-corrected chi connectivity index (χ0v) is 9.23. The second-order valence-electron chi connectivity index (χ2n) is 3.56. The largest absolute Gasteiger partial charge is 0.352 e. The maximum absolute atomic E-state index is 11.4. The summed E-state index contributed by atoms with van der Waals surface area (Å²) < 4.78 is 0. The average molecular weight is 214 g/mol. The summed E-state index contributed by atoms with van der Waals surface area (Å²) in [6, 6.07) is 11.6. The highest BCUT2D eigenvalue weighted by molar-refractivity contribution is 5.78. The summed E-state index contributed by atoms with van der Waals surface area (Å²) in [5, 5.41) is 11.2. The monoisotopic (exact) mass is 214 g/mol. The van der Waals surface area contributed by atoms with E-state index in [1.54, 1.807) is 6.92 Å². The molecular weight excluding hydrogens is 200 g/mol. The second kappa shape index (κ2) is 6.41. The first-order valence-corrected chi connectivity index (χ1v) is 5.08. The number of benzene rings is 1. The van der Waals surface area contributed by atoms with Crippen LogP contribution < -0.4 is 5.32 Å². The van der Waals surface area contributed by atoms with Gasteiger partial charge in [-0.25, -0.2) is 0 Å². The van der Waals surface area contributed by atoms with Gasteiger partial charge in [0.05, 0.1) is 6.07 Å². The van der Waals surface area contributed by atoms with E-state index in [0.717, 1.165) is 11.1 Å². The van der Waals surface area contributed by atoms with Crippen LogP contribution >= 0.6 is 0 Å². The number of carbonyl (C=O) groups is 1. The minimum absolute atomic E-state index is 0.0622. The van der Waals surface area contributed by atoms with Crippen molar-refractivity contribution in [3.05, 3.63) is 47.5 Å². The van der Waals surface area contributed by atoms with Crippen molar-refractivity contribution in [2.75, 3.05) is 0 Å². The standard InChI is InChI=1S/C13H14N2O/c1-11(7-8-14)9-13(16)15-10-12-5-3-2-4-6-12/h2-7H,9-10H2,1H3,(H,15,16)/b11-7-. The summed E-state index contributed by atoms with van der Waals surface area (Å²) in [6.07, 6.45) is 1.67. The van der Waals surface area contributed by atoms with E-state index < -0.39 is 0 Å². The molecule has 0 aliphatic heterocycles. The fraction of sp³-hybridized carbons (Fsp3) is 0.231. The Morgan fingerprint density at radius 2 is 2.12 bits per heavy atom. The van der Waals surface area contributed by atoms with Gasteiger partial charge in [0.15, 0.2) is 0 Å². The van der Waals surface area contributed by atoms with E-state index in [1.165, 1.54) is 6.08 Å². The molecule has 0 saturated carbocycles. The molecule has 1 aromatic carbocycles. The molecule has 1 rings (SSSR count). The first-order valence-electron chi connectivity index (χ1n) is 5.08. The minimum Gasteiger partial charge on any atom is -0.352 e. The maximum atomic E-state index is 11.4. The SMILES string of the molecule is C/C(=C/C#N)CC(=O)NCc1ccccc1. The Morgan fingerprint density at radius 1 is 1.44 bits per heavy atom. The molecule has 1 amide bonds. The van der Waals surface area contributed by atoms with Crippen molar-refractivity contribution < 1.29 is 4.79 Å². The van der Waals surface area contributed by atoms with E-state index in [9.17, 15) is 4.79 Å². The Hall–Kier alpha value is -2.08. The minimum atomic E-state index is -0.0622. The lowest BCUT2D eigenvalue weighted by atomic mass is 10.2. The van der Waals surface area contributed by atoms with Gasteiger partial charge in [0, 0.05) is 19.0 Å². The van der Waals surface area contributed by atoms with Gasteiger partial charge < -0.3 is 5.32 Å². The molecule has 3 nitrogen and oxygen atoms in total. The quantitative estimate of drug-likeness (QED) is 0.781. The fourth-order valence-electron chi connectivity index (χ4n) is 1.27. The summed E-state index contributed by atoms with van der Waals surface area (Å²) in [4.78, 5) is 11.4. The highest BCUT2D eigenvalue weighted by atomic mass is 16.1. The molecule has 0 aromatic heterocycles. The molecule has 0 spiro atoms. The average Bonchev–Trinajstić information content (AvgIpc) is 2.28. The fourth-order valence-corrected chi connectivity index (χ4v) is 1.27. The molecular formula is C13H14N2O. The Morgan fingerprint density at radius 3 is 2.75 bits per heavy atom. The van der Waals surface area contributed by atoms with Gasteiger partial charge in [-0.15, -0.1) is 0 Å². The molecule has 0 fully saturated rings. The third-order valence-electron chi connectivity index (χ3n) is 2.08. The smallest absolute Gasteiger partial charge is 0.224 e. The van der Waals surface area contributed by atoms with Crippen LogP contribution in [-0.2, 0) is 11.3 Å². The maximum Gasteiger partial charge on any atom is 0.224 e. The van der Waals surface area contributed by atoms with Crippen LogP contribution in [0.4, 0.5) is 0 Å². The summed E-state index contributed by atoms with van der Waals surface area (Å²) in [5.41, 5.74) is 1.84. The van der Waals surface area contributed by atoms with Crippen molar-refractivity contribution in [1.29, 1.82) is 5.26 Å². The van der Waals surface area contributed by atoms with E-state index >= 15 is 0 Å². The molecule has 0 unspecified atom stereocenters. The first-order chi connectivity index (χ1) is 7.72. The second-order valence-corrected chi connectivity index (χ2v) is 3.56. The highest BCUT2D eigenvalue weighted by Crippen LogP contribution is 2.01. The summed E-state index contributed by atoms with van der Waals surface area (Å²) in [6.45, 7) is 2.30.